The van der Waals surface area contributed by atoms with Crippen molar-refractivity contribution in [3.63, 3.8) is 0 Å². The lowest BCUT2D eigenvalue weighted by molar-refractivity contribution is 0.0710. The van der Waals surface area contributed by atoms with Crippen molar-refractivity contribution in [3.05, 3.63) is 84.1 Å². The lowest BCUT2D eigenvalue weighted by atomic mass is 10.1. The van der Waals surface area contributed by atoms with Gasteiger partial charge < -0.3 is 9.42 Å². The van der Waals surface area contributed by atoms with Gasteiger partial charge in [0.15, 0.2) is 0 Å². The van der Waals surface area contributed by atoms with Gasteiger partial charge in [0.05, 0.1) is 11.4 Å². The predicted octanol–water partition coefficient (Wildman–Crippen LogP) is 4.31. The number of benzene rings is 1. The van der Waals surface area contributed by atoms with Crippen molar-refractivity contribution in [3.8, 4) is 22.9 Å². The Hall–Kier alpha value is -3.94. The van der Waals surface area contributed by atoms with Crippen LogP contribution in [0.5, 0.6) is 0 Å². The van der Waals surface area contributed by atoms with E-state index in [-0.39, 0.29) is 17.8 Å². The molecule has 4 heterocycles. The standard InChI is InChI=1S/C23H18FN5O2/c24-16-11-9-15(10-12-16)23(30)29-14-4-8-20(29)22-27-21(28-31-22)19-7-3-6-18(26-19)17-5-1-2-13-25-17/h1-3,5-7,9-13,20H,4,8,14H2/t20-/m0/s1. The van der Waals surface area contributed by atoms with Crippen molar-refractivity contribution in [1.82, 2.24) is 25.0 Å². The molecule has 1 aliphatic heterocycles. The number of hydrogen-bond acceptors (Lipinski definition) is 6. The van der Waals surface area contributed by atoms with Crippen LogP contribution in [-0.2, 0) is 0 Å². The summed E-state index contributed by atoms with van der Waals surface area (Å²) in [5.74, 6) is 0.163. The topological polar surface area (TPSA) is 85.0 Å². The van der Waals surface area contributed by atoms with Crippen molar-refractivity contribution in [2.45, 2.75) is 18.9 Å². The van der Waals surface area contributed by atoms with E-state index in [9.17, 15) is 9.18 Å². The van der Waals surface area contributed by atoms with Gasteiger partial charge in [-0.05, 0) is 61.4 Å². The molecule has 7 nitrogen and oxygen atoms in total. The highest BCUT2D eigenvalue weighted by atomic mass is 19.1. The van der Waals surface area contributed by atoms with E-state index in [1.807, 2.05) is 30.3 Å². The minimum atomic E-state index is -0.378. The molecular formula is C23H18FN5O2. The molecule has 0 spiro atoms. The molecular weight excluding hydrogens is 397 g/mol. The minimum absolute atomic E-state index is 0.183. The fourth-order valence-corrected chi connectivity index (χ4v) is 3.72. The second-order valence-electron chi connectivity index (χ2n) is 7.24. The molecule has 0 saturated carbocycles. The molecule has 5 rings (SSSR count). The Morgan fingerprint density at radius 1 is 0.968 bits per heavy atom. The average molecular weight is 415 g/mol. The van der Waals surface area contributed by atoms with Crippen LogP contribution in [0.3, 0.4) is 0 Å². The fraction of sp³-hybridized carbons (Fsp3) is 0.174. The Morgan fingerprint density at radius 3 is 2.58 bits per heavy atom. The van der Waals surface area contributed by atoms with Crippen LogP contribution in [0.1, 0.15) is 35.1 Å². The largest absolute Gasteiger partial charge is 0.337 e. The number of rotatable bonds is 4. The van der Waals surface area contributed by atoms with E-state index >= 15 is 0 Å². The van der Waals surface area contributed by atoms with Crippen molar-refractivity contribution in [1.29, 1.82) is 0 Å². The molecule has 1 amide bonds. The summed E-state index contributed by atoms with van der Waals surface area (Å²) in [6.07, 6.45) is 3.25. The van der Waals surface area contributed by atoms with Crippen molar-refractivity contribution in [2.75, 3.05) is 6.54 Å². The van der Waals surface area contributed by atoms with Gasteiger partial charge in [-0.1, -0.05) is 17.3 Å². The van der Waals surface area contributed by atoms with Crippen LogP contribution in [0, 0.1) is 5.82 Å². The fourth-order valence-electron chi connectivity index (χ4n) is 3.72. The quantitative estimate of drug-likeness (QED) is 0.494. The minimum Gasteiger partial charge on any atom is -0.337 e. The van der Waals surface area contributed by atoms with E-state index in [4.69, 9.17) is 4.52 Å². The smallest absolute Gasteiger partial charge is 0.254 e. The number of likely N-dealkylation sites (tertiary alicyclic amines) is 1. The number of aromatic nitrogens is 4. The number of halogens is 1. The summed E-state index contributed by atoms with van der Waals surface area (Å²) >= 11 is 0. The monoisotopic (exact) mass is 415 g/mol. The zero-order valence-corrected chi connectivity index (χ0v) is 16.5. The zero-order valence-electron chi connectivity index (χ0n) is 16.5. The van der Waals surface area contributed by atoms with Gasteiger partial charge in [0.25, 0.3) is 5.91 Å². The third kappa shape index (κ3) is 3.79. The normalized spacial score (nSPS) is 15.9. The highest BCUT2D eigenvalue weighted by Crippen LogP contribution is 2.33. The van der Waals surface area contributed by atoms with Crippen LogP contribution in [-0.4, -0.2) is 37.5 Å². The summed E-state index contributed by atoms with van der Waals surface area (Å²) in [6, 6.07) is 16.4. The molecule has 0 bridgehead atoms. The Kier molecular flexibility index (Phi) is 4.95. The van der Waals surface area contributed by atoms with E-state index in [0.29, 0.717) is 35.2 Å². The van der Waals surface area contributed by atoms with Crippen molar-refractivity contribution < 1.29 is 13.7 Å². The second kappa shape index (κ2) is 8.06. The Labute approximate surface area is 177 Å². The molecule has 1 aliphatic rings. The summed E-state index contributed by atoms with van der Waals surface area (Å²) < 4.78 is 18.7. The molecule has 3 aromatic heterocycles. The molecule has 1 aromatic carbocycles. The molecule has 8 heteroatoms. The number of amides is 1. The van der Waals surface area contributed by atoms with Crippen LogP contribution in [0.25, 0.3) is 22.9 Å². The van der Waals surface area contributed by atoms with Gasteiger partial charge in [0, 0.05) is 18.3 Å². The van der Waals surface area contributed by atoms with Gasteiger partial charge in [0.1, 0.15) is 17.6 Å². The zero-order chi connectivity index (χ0) is 21.2. The number of carbonyl (C=O) groups excluding carboxylic acids is 1. The first-order chi connectivity index (χ1) is 15.2. The van der Waals surface area contributed by atoms with Gasteiger partial charge in [-0.25, -0.2) is 9.37 Å². The Bertz CT molecular complexity index is 1210. The maximum absolute atomic E-state index is 13.2. The molecule has 4 aromatic rings. The van der Waals surface area contributed by atoms with Gasteiger partial charge >= 0.3 is 0 Å². The summed E-state index contributed by atoms with van der Waals surface area (Å²) in [5, 5.41) is 4.09. The van der Waals surface area contributed by atoms with Crippen LogP contribution < -0.4 is 0 Å². The molecule has 0 radical (unpaired) electrons. The van der Waals surface area contributed by atoms with E-state index in [1.54, 1.807) is 17.2 Å². The molecule has 0 aliphatic carbocycles. The molecule has 0 N–H and O–H groups in total. The van der Waals surface area contributed by atoms with Gasteiger partial charge in [-0.3, -0.25) is 9.78 Å². The number of nitrogens with zero attached hydrogens (tertiary/aromatic N) is 5. The second-order valence-corrected chi connectivity index (χ2v) is 7.24. The molecule has 154 valence electrons. The first-order valence-corrected chi connectivity index (χ1v) is 9.98. The van der Waals surface area contributed by atoms with E-state index in [2.05, 4.69) is 20.1 Å². The number of carbonyl (C=O) groups is 1. The molecule has 0 unspecified atom stereocenters. The third-order valence-corrected chi connectivity index (χ3v) is 5.24. The lowest BCUT2D eigenvalue weighted by Gasteiger charge is -2.21. The number of pyridine rings is 2. The van der Waals surface area contributed by atoms with Crippen LogP contribution >= 0.6 is 0 Å². The van der Waals surface area contributed by atoms with Gasteiger partial charge in [-0.2, -0.15) is 4.98 Å². The summed E-state index contributed by atoms with van der Waals surface area (Å²) in [6.45, 7) is 0.575. The summed E-state index contributed by atoms with van der Waals surface area (Å²) in [4.78, 5) is 28.1. The highest BCUT2D eigenvalue weighted by molar-refractivity contribution is 5.94. The summed E-state index contributed by atoms with van der Waals surface area (Å²) in [7, 11) is 0. The first-order valence-electron chi connectivity index (χ1n) is 9.98. The third-order valence-electron chi connectivity index (χ3n) is 5.24. The molecule has 31 heavy (non-hydrogen) atoms. The maximum Gasteiger partial charge on any atom is 0.254 e. The highest BCUT2D eigenvalue weighted by Gasteiger charge is 2.34. The van der Waals surface area contributed by atoms with E-state index < -0.39 is 0 Å². The van der Waals surface area contributed by atoms with Gasteiger partial charge in [-0.15, -0.1) is 0 Å². The molecule has 1 saturated heterocycles. The van der Waals surface area contributed by atoms with Gasteiger partial charge in [0.2, 0.25) is 11.7 Å². The van der Waals surface area contributed by atoms with E-state index in [0.717, 1.165) is 18.5 Å². The van der Waals surface area contributed by atoms with Crippen LogP contribution in [0.15, 0.2) is 71.4 Å². The Balaban J connectivity index is 1.40. The molecule has 1 fully saturated rings. The van der Waals surface area contributed by atoms with Crippen LogP contribution in [0.4, 0.5) is 4.39 Å². The predicted molar refractivity (Wildman–Crippen MR) is 110 cm³/mol. The van der Waals surface area contributed by atoms with Crippen molar-refractivity contribution >= 4 is 5.91 Å². The average Bonchev–Trinajstić information content (AvgIpc) is 3.50. The summed E-state index contributed by atoms with van der Waals surface area (Å²) in [5.41, 5.74) is 2.45. The van der Waals surface area contributed by atoms with Crippen LogP contribution in [0.2, 0.25) is 0 Å². The maximum atomic E-state index is 13.2. The number of hydrogen-bond donors (Lipinski definition) is 0. The first kappa shape index (κ1) is 19.0. The molecule has 1 atom stereocenters. The SMILES string of the molecule is O=C(c1ccc(F)cc1)N1CCC[C@H]1c1nc(-c2cccc(-c3ccccn3)n2)no1. The lowest BCUT2D eigenvalue weighted by Crippen LogP contribution is -2.30. The van der Waals surface area contributed by atoms with Crippen molar-refractivity contribution in [2.24, 2.45) is 0 Å². The van der Waals surface area contributed by atoms with E-state index in [1.165, 1.54) is 24.3 Å². The Morgan fingerprint density at radius 2 is 1.77 bits per heavy atom.